The molecule has 0 bridgehead atoms. The lowest BCUT2D eigenvalue weighted by Gasteiger charge is -2.32. The van der Waals surface area contributed by atoms with Crippen molar-refractivity contribution in [2.45, 2.75) is 55.9 Å². The van der Waals surface area contributed by atoms with Crippen LogP contribution in [-0.4, -0.2) is 27.3 Å². The fourth-order valence-electron chi connectivity index (χ4n) is 4.17. The Bertz CT molecular complexity index is 1290. The normalized spacial score (nSPS) is 13.0. The topological polar surface area (TPSA) is 82.8 Å². The Hall–Kier alpha value is -2.97. The Morgan fingerprint density at radius 2 is 1.82 bits per heavy atom. The number of carboxylic acid groups (broad SMARTS) is 1. The van der Waals surface area contributed by atoms with Gasteiger partial charge in [-0.25, -0.2) is 0 Å². The van der Waals surface area contributed by atoms with E-state index in [0.717, 1.165) is 69.9 Å². The minimum atomic E-state index is -1.17. The molecule has 2 heterocycles. The van der Waals surface area contributed by atoms with E-state index < -0.39 is 17.4 Å². The molecule has 1 aliphatic rings. The van der Waals surface area contributed by atoms with Gasteiger partial charge in [-0.2, -0.15) is 0 Å². The summed E-state index contributed by atoms with van der Waals surface area (Å²) < 4.78 is 0.921. The molecule has 1 aromatic heterocycles. The van der Waals surface area contributed by atoms with Gasteiger partial charge in [-0.1, -0.05) is 67.1 Å². The second kappa shape index (κ2) is 10.5. The Balaban J connectivity index is 1.79. The molecule has 0 radical (unpaired) electrons. The van der Waals surface area contributed by atoms with Crippen molar-refractivity contribution in [2.24, 2.45) is 0 Å². The third-order valence-electron chi connectivity index (χ3n) is 5.82. The van der Waals surface area contributed by atoms with E-state index >= 15 is 0 Å². The molecule has 6 nitrogen and oxygen atoms in total. The number of allylic oxidation sites excluding steroid dienone is 1. The maximum Gasteiger partial charge on any atom is 0.323 e. The number of aliphatic carboxylic acids is 1. The number of rotatable bonds is 9. The van der Waals surface area contributed by atoms with Crippen LogP contribution >= 0.6 is 23.1 Å². The first kappa shape index (κ1) is 24.2. The Morgan fingerprint density at radius 1 is 1.06 bits per heavy atom. The third-order valence-corrected chi connectivity index (χ3v) is 7.93. The highest BCUT2D eigenvalue weighted by molar-refractivity contribution is 7.99. The van der Waals surface area contributed by atoms with Crippen molar-refractivity contribution in [1.82, 2.24) is 4.57 Å². The zero-order valence-corrected chi connectivity index (χ0v) is 20.9. The lowest BCUT2D eigenvalue weighted by molar-refractivity contribution is -0.137. The van der Waals surface area contributed by atoms with Crippen LogP contribution in [-0.2, 0) is 11.3 Å². The molecule has 0 saturated carbocycles. The molecule has 2 aromatic carbocycles. The summed E-state index contributed by atoms with van der Waals surface area (Å²) in [6.07, 6.45) is 6.06. The van der Waals surface area contributed by atoms with Gasteiger partial charge < -0.3 is 15.1 Å². The number of nitrogens with zero attached hydrogens (tertiary/aromatic N) is 2. The zero-order valence-electron chi connectivity index (χ0n) is 19.3. The Morgan fingerprint density at radius 3 is 2.56 bits per heavy atom. The Kier molecular flexibility index (Phi) is 7.48. The van der Waals surface area contributed by atoms with Gasteiger partial charge in [-0.05, 0) is 49.6 Å². The van der Waals surface area contributed by atoms with Crippen molar-refractivity contribution < 1.29 is 15.0 Å². The quantitative estimate of drug-likeness (QED) is 0.337. The number of carboxylic acids is 1. The van der Waals surface area contributed by atoms with Crippen LogP contribution in [0.4, 0.5) is 11.4 Å². The van der Waals surface area contributed by atoms with E-state index in [0.29, 0.717) is 4.88 Å². The highest BCUT2D eigenvalue weighted by Crippen LogP contribution is 2.49. The number of hydrogen-bond acceptors (Lipinski definition) is 6. The summed E-state index contributed by atoms with van der Waals surface area (Å²) in [5.74, 6) is -1.45. The summed E-state index contributed by atoms with van der Waals surface area (Å²) in [5, 5.41) is 20.0. The van der Waals surface area contributed by atoms with Crippen LogP contribution in [0.25, 0.3) is 5.57 Å². The summed E-state index contributed by atoms with van der Waals surface area (Å²) in [5.41, 5.74) is 3.98. The molecular formula is C26H28N2O4S2. The molecule has 4 rings (SSSR count). The van der Waals surface area contributed by atoms with E-state index in [1.54, 1.807) is 11.8 Å². The number of aromatic nitrogens is 1. The number of benzene rings is 2. The van der Waals surface area contributed by atoms with Gasteiger partial charge in [0.15, 0.2) is 0 Å². The fourth-order valence-corrected chi connectivity index (χ4v) is 6.25. The first-order valence-corrected chi connectivity index (χ1v) is 13.1. The number of anilines is 2. The van der Waals surface area contributed by atoms with Crippen LogP contribution in [0.1, 0.15) is 50.0 Å². The van der Waals surface area contributed by atoms with Crippen molar-refractivity contribution in [2.75, 3.05) is 11.4 Å². The van der Waals surface area contributed by atoms with Gasteiger partial charge in [0.2, 0.25) is 5.88 Å². The van der Waals surface area contributed by atoms with Crippen molar-refractivity contribution in [1.29, 1.82) is 0 Å². The molecule has 0 atom stereocenters. The lowest BCUT2D eigenvalue weighted by atomic mass is 10.0. The summed E-state index contributed by atoms with van der Waals surface area (Å²) in [6, 6.07) is 14.5. The second-order valence-electron chi connectivity index (χ2n) is 8.11. The SMILES string of the molecule is CCCCCC=C(c1ccc2c(c1)Sc1ccccc1N2CC)c1sc(=O)n(CC(=O)O)c1O. The first-order chi connectivity index (χ1) is 16.4. The lowest BCUT2D eigenvalue weighted by Crippen LogP contribution is -2.19. The average molecular weight is 497 g/mol. The number of carbonyl (C=O) groups is 1. The van der Waals surface area contributed by atoms with Gasteiger partial charge >= 0.3 is 10.8 Å². The van der Waals surface area contributed by atoms with E-state index in [1.807, 2.05) is 18.2 Å². The predicted molar refractivity (Wildman–Crippen MR) is 139 cm³/mol. The Labute approximate surface area is 207 Å². The summed E-state index contributed by atoms with van der Waals surface area (Å²) >= 11 is 2.60. The smallest absolute Gasteiger partial charge is 0.323 e. The van der Waals surface area contributed by atoms with Crippen LogP contribution < -0.4 is 9.77 Å². The first-order valence-electron chi connectivity index (χ1n) is 11.5. The average Bonchev–Trinajstić information content (AvgIpc) is 3.10. The molecule has 3 aromatic rings. The van der Waals surface area contributed by atoms with Gasteiger partial charge in [0.1, 0.15) is 11.4 Å². The van der Waals surface area contributed by atoms with Crippen molar-refractivity contribution in [3.8, 4) is 5.88 Å². The van der Waals surface area contributed by atoms with Gasteiger partial charge in [-0.3, -0.25) is 14.2 Å². The molecule has 0 amide bonds. The largest absolute Gasteiger partial charge is 0.493 e. The minimum absolute atomic E-state index is 0.287. The highest BCUT2D eigenvalue weighted by Gasteiger charge is 2.25. The van der Waals surface area contributed by atoms with Crippen LogP contribution in [0.2, 0.25) is 0 Å². The number of para-hydroxylation sites is 1. The number of thiazole rings is 1. The maximum atomic E-state index is 12.5. The van der Waals surface area contributed by atoms with Gasteiger partial charge in [0.25, 0.3) is 0 Å². The van der Waals surface area contributed by atoms with Crippen molar-refractivity contribution in [3.05, 3.63) is 68.6 Å². The molecule has 1 aliphatic heterocycles. The number of fused-ring (bicyclic) bond motifs is 2. The summed E-state index contributed by atoms with van der Waals surface area (Å²) in [7, 11) is 0. The van der Waals surface area contributed by atoms with E-state index in [4.69, 9.17) is 5.11 Å². The minimum Gasteiger partial charge on any atom is -0.493 e. The number of aromatic hydroxyl groups is 1. The zero-order chi connectivity index (χ0) is 24.2. The number of hydrogen-bond donors (Lipinski definition) is 2. The second-order valence-corrected chi connectivity index (χ2v) is 10.2. The van der Waals surface area contributed by atoms with Crippen LogP contribution in [0.15, 0.2) is 63.1 Å². The standard InChI is InChI=1S/C26H28N2O4S2/c1-3-5-6-7-10-18(24-25(31)28(16-23(29)30)26(32)34-24)17-13-14-20-22(15-17)33-21-12-9-8-11-19(21)27(20)4-2/h8-15,31H,3-7,16H2,1-2H3,(H,29,30). The molecule has 0 spiro atoms. The number of unbranched alkanes of at least 4 members (excludes halogenated alkanes) is 3. The molecule has 178 valence electrons. The maximum absolute atomic E-state index is 12.5. The summed E-state index contributed by atoms with van der Waals surface area (Å²) in [4.78, 5) is 28.2. The van der Waals surface area contributed by atoms with E-state index in [-0.39, 0.29) is 5.88 Å². The van der Waals surface area contributed by atoms with E-state index in [9.17, 15) is 14.7 Å². The molecule has 8 heteroatoms. The molecule has 2 N–H and O–H groups in total. The van der Waals surface area contributed by atoms with Crippen LogP contribution in [0.5, 0.6) is 5.88 Å². The molecule has 0 saturated heterocycles. The van der Waals surface area contributed by atoms with E-state index in [2.05, 4.69) is 49.1 Å². The summed E-state index contributed by atoms with van der Waals surface area (Å²) in [6.45, 7) is 4.55. The molecule has 0 unspecified atom stereocenters. The van der Waals surface area contributed by atoms with Crippen molar-refractivity contribution in [3.63, 3.8) is 0 Å². The molecular weight excluding hydrogens is 468 g/mol. The van der Waals surface area contributed by atoms with Crippen molar-refractivity contribution >= 4 is 46.0 Å². The molecule has 34 heavy (non-hydrogen) atoms. The van der Waals surface area contributed by atoms with Gasteiger partial charge in [-0.15, -0.1) is 0 Å². The molecule has 0 aliphatic carbocycles. The van der Waals surface area contributed by atoms with Gasteiger partial charge in [0, 0.05) is 21.9 Å². The fraction of sp³-hybridized carbons (Fsp3) is 0.308. The third kappa shape index (κ3) is 4.79. The highest BCUT2D eigenvalue weighted by atomic mass is 32.2. The predicted octanol–water partition coefficient (Wildman–Crippen LogP) is 6.33. The van der Waals surface area contributed by atoms with E-state index in [1.165, 1.54) is 10.6 Å². The van der Waals surface area contributed by atoms with Crippen LogP contribution in [0.3, 0.4) is 0 Å². The van der Waals surface area contributed by atoms with Crippen LogP contribution in [0, 0.1) is 0 Å². The monoisotopic (exact) mass is 496 g/mol. The van der Waals surface area contributed by atoms with Gasteiger partial charge in [0.05, 0.1) is 11.4 Å². The molecule has 0 fully saturated rings.